The van der Waals surface area contributed by atoms with E-state index < -0.39 is 10.0 Å². The van der Waals surface area contributed by atoms with Crippen LogP contribution < -0.4 is 9.46 Å². The minimum atomic E-state index is -3.53. The summed E-state index contributed by atoms with van der Waals surface area (Å²) in [5.41, 5.74) is 3.35. The van der Waals surface area contributed by atoms with E-state index in [2.05, 4.69) is 4.72 Å². The fraction of sp³-hybridized carbons (Fsp3) is 0.333. The summed E-state index contributed by atoms with van der Waals surface area (Å²) in [6.45, 7) is 0.522. The van der Waals surface area contributed by atoms with Gasteiger partial charge in [0.15, 0.2) is 0 Å². The number of aryl methyl sites for hydroxylation is 2. The average Bonchev–Trinajstić information content (AvgIpc) is 3.02. The molecule has 23 heavy (non-hydrogen) atoms. The molecule has 0 saturated heterocycles. The number of benzene rings is 2. The molecule has 1 aliphatic carbocycles. The quantitative estimate of drug-likeness (QED) is 0.942. The Balaban J connectivity index is 1.63. The molecule has 1 atom stereocenters. The van der Waals surface area contributed by atoms with Gasteiger partial charge in [-0.15, -0.1) is 0 Å². The van der Waals surface area contributed by atoms with Crippen molar-refractivity contribution in [3.63, 3.8) is 0 Å². The zero-order valence-corrected chi connectivity index (χ0v) is 13.6. The molecule has 2 aromatic rings. The maximum absolute atomic E-state index is 12.8. The molecule has 2 aromatic carbocycles. The van der Waals surface area contributed by atoms with Crippen LogP contribution in [0.25, 0.3) is 0 Å². The van der Waals surface area contributed by atoms with Crippen LogP contribution in [0.2, 0.25) is 0 Å². The number of ether oxygens (including phenoxy) is 1. The molecule has 2 aliphatic rings. The van der Waals surface area contributed by atoms with Crippen molar-refractivity contribution in [2.75, 3.05) is 6.61 Å². The normalized spacial score (nSPS) is 19.7. The molecule has 5 heteroatoms. The van der Waals surface area contributed by atoms with Crippen LogP contribution in [0.1, 0.15) is 35.6 Å². The summed E-state index contributed by atoms with van der Waals surface area (Å²) in [6, 6.07) is 12.9. The van der Waals surface area contributed by atoms with Gasteiger partial charge >= 0.3 is 0 Å². The van der Waals surface area contributed by atoms with Gasteiger partial charge in [-0.1, -0.05) is 24.3 Å². The van der Waals surface area contributed by atoms with Gasteiger partial charge < -0.3 is 4.74 Å². The van der Waals surface area contributed by atoms with E-state index in [1.54, 1.807) is 6.07 Å². The lowest BCUT2D eigenvalue weighted by Gasteiger charge is -2.26. The standard InChI is InChI=1S/C18H19NO3S/c20-23(21,15-9-8-13-4-3-5-14(13)12-15)19-17-10-11-22-18-7-2-1-6-16(17)18/h1-2,6-9,12,17,19H,3-5,10-11H2. The van der Waals surface area contributed by atoms with Crippen LogP contribution in [0, 0.1) is 0 Å². The van der Waals surface area contributed by atoms with Gasteiger partial charge in [-0.25, -0.2) is 13.1 Å². The molecule has 0 spiro atoms. The first-order valence-corrected chi connectivity index (χ1v) is 9.48. The molecule has 4 rings (SSSR count). The summed E-state index contributed by atoms with van der Waals surface area (Å²) < 4.78 is 34.0. The Kier molecular flexibility index (Phi) is 3.62. The molecule has 0 aromatic heterocycles. The lowest BCUT2D eigenvalue weighted by molar-refractivity contribution is 0.263. The summed E-state index contributed by atoms with van der Waals surface area (Å²) in [7, 11) is -3.53. The van der Waals surface area contributed by atoms with Gasteiger partial charge in [0.2, 0.25) is 10.0 Å². The van der Waals surface area contributed by atoms with Crippen molar-refractivity contribution in [2.24, 2.45) is 0 Å². The fourth-order valence-corrected chi connectivity index (χ4v) is 4.74. The number of hydrogen-bond donors (Lipinski definition) is 1. The van der Waals surface area contributed by atoms with E-state index in [4.69, 9.17) is 4.74 Å². The highest BCUT2D eigenvalue weighted by Crippen LogP contribution is 2.33. The van der Waals surface area contributed by atoms with Crippen molar-refractivity contribution >= 4 is 10.0 Å². The highest BCUT2D eigenvalue weighted by atomic mass is 32.2. The second-order valence-corrected chi connectivity index (χ2v) is 7.85. The number of sulfonamides is 1. The Labute approximate surface area is 136 Å². The Morgan fingerprint density at radius 3 is 2.78 bits per heavy atom. The maximum Gasteiger partial charge on any atom is 0.241 e. The third kappa shape index (κ3) is 2.75. The molecular formula is C18H19NO3S. The summed E-state index contributed by atoms with van der Waals surface area (Å²) in [5.74, 6) is 0.764. The minimum absolute atomic E-state index is 0.238. The molecular weight excluding hydrogens is 310 g/mol. The Morgan fingerprint density at radius 1 is 1.04 bits per heavy atom. The van der Waals surface area contributed by atoms with E-state index in [0.29, 0.717) is 17.9 Å². The third-order valence-corrected chi connectivity index (χ3v) is 6.11. The van der Waals surface area contributed by atoms with Crippen molar-refractivity contribution < 1.29 is 13.2 Å². The first-order valence-electron chi connectivity index (χ1n) is 7.99. The summed E-state index contributed by atoms with van der Waals surface area (Å²) in [6.07, 6.45) is 3.77. The van der Waals surface area contributed by atoms with Gasteiger partial charge in [0, 0.05) is 12.0 Å². The van der Waals surface area contributed by atoms with Gasteiger partial charge in [-0.3, -0.25) is 0 Å². The smallest absolute Gasteiger partial charge is 0.241 e. The SMILES string of the molecule is O=S(=O)(NC1CCOc2ccccc21)c1ccc2c(c1)CCC2. The first-order chi connectivity index (χ1) is 11.1. The van der Waals surface area contributed by atoms with Gasteiger partial charge in [-0.05, 0) is 48.6 Å². The van der Waals surface area contributed by atoms with Crippen LogP contribution >= 0.6 is 0 Å². The fourth-order valence-electron chi connectivity index (χ4n) is 3.44. The number of hydrogen-bond acceptors (Lipinski definition) is 3. The second-order valence-electron chi connectivity index (χ2n) is 6.13. The molecule has 0 fully saturated rings. The van der Waals surface area contributed by atoms with Crippen LogP contribution in [0.3, 0.4) is 0 Å². The number of nitrogens with one attached hydrogen (secondary N) is 1. The van der Waals surface area contributed by atoms with Crippen LogP contribution in [0.4, 0.5) is 0 Å². The Bertz CT molecular complexity index is 845. The van der Waals surface area contributed by atoms with Crippen molar-refractivity contribution in [3.8, 4) is 5.75 Å². The maximum atomic E-state index is 12.8. The van der Waals surface area contributed by atoms with Crippen molar-refractivity contribution in [3.05, 3.63) is 59.2 Å². The summed E-state index contributed by atoms with van der Waals surface area (Å²) in [5, 5.41) is 0. The van der Waals surface area contributed by atoms with Crippen LogP contribution in [-0.4, -0.2) is 15.0 Å². The molecule has 0 amide bonds. The zero-order chi connectivity index (χ0) is 15.9. The van der Waals surface area contributed by atoms with Crippen LogP contribution in [-0.2, 0) is 22.9 Å². The number of rotatable bonds is 3. The molecule has 1 N–H and O–H groups in total. The van der Waals surface area contributed by atoms with Crippen LogP contribution in [0.5, 0.6) is 5.75 Å². The third-order valence-electron chi connectivity index (χ3n) is 4.64. The lowest BCUT2D eigenvalue weighted by atomic mass is 10.0. The molecule has 0 radical (unpaired) electrons. The number of fused-ring (bicyclic) bond motifs is 2. The van der Waals surface area contributed by atoms with E-state index in [1.807, 2.05) is 36.4 Å². The summed E-state index contributed by atoms with van der Waals surface area (Å²) in [4.78, 5) is 0.363. The molecule has 1 unspecified atom stereocenters. The lowest BCUT2D eigenvalue weighted by Crippen LogP contribution is -2.32. The highest BCUT2D eigenvalue weighted by molar-refractivity contribution is 7.89. The van der Waals surface area contributed by atoms with Gasteiger partial charge in [0.1, 0.15) is 5.75 Å². The topological polar surface area (TPSA) is 55.4 Å². The minimum Gasteiger partial charge on any atom is -0.493 e. The van der Waals surface area contributed by atoms with Crippen LogP contribution in [0.15, 0.2) is 47.4 Å². The van der Waals surface area contributed by atoms with Gasteiger partial charge in [0.05, 0.1) is 17.5 Å². The Hall–Kier alpha value is -1.85. The van der Waals surface area contributed by atoms with Crippen molar-refractivity contribution in [2.45, 2.75) is 36.6 Å². The Morgan fingerprint density at radius 2 is 1.87 bits per heavy atom. The van der Waals surface area contributed by atoms with Gasteiger partial charge in [0.25, 0.3) is 0 Å². The van der Waals surface area contributed by atoms with E-state index >= 15 is 0 Å². The van der Waals surface area contributed by atoms with E-state index in [0.717, 1.165) is 30.6 Å². The predicted octanol–water partition coefficient (Wildman–Crippen LogP) is 2.98. The van der Waals surface area contributed by atoms with E-state index in [-0.39, 0.29) is 6.04 Å². The van der Waals surface area contributed by atoms with Crippen molar-refractivity contribution in [1.29, 1.82) is 0 Å². The highest BCUT2D eigenvalue weighted by Gasteiger charge is 2.27. The van der Waals surface area contributed by atoms with E-state index in [9.17, 15) is 8.42 Å². The first kappa shape index (κ1) is 14.7. The summed E-state index contributed by atoms with van der Waals surface area (Å²) >= 11 is 0. The largest absolute Gasteiger partial charge is 0.493 e. The molecule has 1 aliphatic heterocycles. The predicted molar refractivity (Wildman–Crippen MR) is 88.1 cm³/mol. The average molecular weight is 329 g/mol. The molecule has 120 valence electrons. The molecule has 0 saturated carbocycles. The monoisotopic (exact) mass is 329 g/mol. The molecule has 0 bridgehead atoms. The van der Waals surface area contributed by atoms with E-state index in [1.165, 1.54) is 11.1 Å². The second kappa shape index (κ2) is 5.65. The molecule has 1 heterocycles. The number of para-hydroxylation sites is 1. The zero-order valence-electron chi connectivity index (χ0n) is 12.8. The molecule has 4 nitrogen and oxygen atoms in total. The van der Waals surface area contributed by atoms with Gasteiger partial charge in [-0.2, -0.15) is 0 Å². The van der Waals surface area contributed by atoms with Crippen molar-refractivity contribution in [1.82, 2.24) is 4.72 Å².